The minimum atomic E-state index is -0.815. The van der Waals surface area contributed by atoms with Crippen LogP contribution in [0.3, 0.4) is 0 Å². The van der Waals surface area contributed by atoms with Gasteiger partial charge in [0, 0.05) is 6.42 Å². The lowest BCUT2D eigenvalue weighted by Gasteiger charge is -2.10. The Hall–Kier alpha value is -1.58. The number of hydrogen-bond acceptors (Lipinski definition) is 2. The Morgan fingerprint density at radius 2 is 2.38 bits per heavy atom. The van der Waals surface area contributed by atoms with E-state index in [-0.39, 0.29) is 23.9 Å². The fraction of sp³-hybridized carbons (Fsp3) is 0.417. The minimum Gasteiger partial charge on any atom is -0.490 e. The van der Waals surface area contributed by atoms with Gasteiger partial charge < -0.3 is 9.84 Å². The highest BCUT2D eigenvalue weighted by atomic mass is 19.1. The average Bonchev–Trinajstić information content (AvgIpc) is 2.39. The number of carboxylic acid groups (broad SMARTS) is 1. The van der Waals surface area contributed by atoms with Gasteiger partial charge in [-0.1, -0.05) is 12.1 Å². The molecule has 1 aliphatic heterocycles. The first-order valence-corrected chi connectivity index (χ1v) is 5.29. The molecule has 0 bridgehead atoms. The van der Waals surface area contributed by atoms with Crippen molar-refractivity contribution in [1.82, 2.24) is 0 Å². The second-order valence-corrected chi connectivity index (χ2v) is 4.03. The van der Waals surface area contributed by atoms with Crippen molar-refractivity contribution >= 4 is 5.97 Å². The van der Waals surface area contributed by atoms with E-state index in [9.17, 15) is 9.18 Å². The maximum absolute atomic E-state index is 13.4. The summed E-state index contributed by atoms with van der Waals surface area (Å²) in [6.07, 6.45) is 1.33. The maximum Gasteiger partial charge on any atom is 0.303 e. The zero-order chi connectivity index (χ0) is 11.5. The molecule has 0 radical (unpaired) electrons. The Kier molecular flexibility index (Phi) is 3.08. The second-order valence-electron chi connectivity index (χ2n) is 4.03. The molecule has 2 rings (SSSR count). The maximum atomic E-state index is 13.4. The lowest BCUT2D eigenvalue weighted by molar-refractivity contribution is -0.138. The van der Waals surface area contributed by atoms with Gasteiger partial charge in [-0.05, 0) is 30.4 Å². The van der Waals surface area contributed by atoms with E-state index in [1.165, 1.54) is 6.07 Å². The van der Waals surface area contributed by atoms with Gasteiger partial charge in [0.1, 0.15) is 0 Å². The molecular formula is C12H13FO3. The van der Waals surface area contributed by atoms with Crippen LogP contribution in [-0.2, 0) is 11.2 Å². The molecule has 0 saturated carbocycles. The van der Waals surface area contributed by atoms with Gasteiger partial charge >= 0.3 is 5.97 Å². The molecule has 0 fully saturated rings. The Morgan fingerprint density at radius 3 is 3.12 bits per heavy atom. The molecule has 1 atom stereocenters. The molecular weight excluding hydrogens is 211 g/mol. The van der Waals surface area contributed by atoms with Gasteiger partial charge in [0.25, 0.3) is 0 Å². The summed E-state index contributed by atoms with van der Waals surface area (Å²) >= 11 is 0. The van der Waals surface area contributed by atoms with Gasteiger partial charge in [0.2, 0.25) is 0 Å². The number of aliphatic carboxylic acids is 1. The summed E-state index contributed by atoms with van der Waals surface area (Å²) in [5.74, 6) is -0.866. The number of ether oxygens (including phenoxy) is 1. The normalized spacial score (nSPS) is 19.4. The topological polar surface area (TPSA) is 46.5 Å². The van der Waals surface area contributed by atoms with Gasteiger partial charge in [-0.3, -0.25) is 4.79 Å². The Bertz CT molecular complexity index is 403. The molecule has 1 N–H and O–H groups in total. The zero-order valence-electron chi connectivity index (χ0n) is 8.78. The molecule has 86 valence electrons. The van der Waals surface area contributed by atoms with E-state index in [4.69, 9.17) is 9.84 Å². The second kappa shape index (κ2) is 4.51. The van der Waals surface area contributed by atoms with Gasteiger partial charge in [0.05, 0.1) is 6.61 Å². The molecule has 1 unspecified atom stereocenters. The number of rotatable bonds is 2. The fourth-order valence-corrected chi connectivity index (χ4v) is 2.04. The van der Waals surface area contributed by atoms with Crippen molar-refractivity contribution in [1.29, 1.82) is 0 Å². The fourth-order valence-electron chi connectivity index (χ4n) is 2.04. The lowest BCUT2D eigenvalue weighted by atomic mass is 9.94. The van der Waals surface area contributed by atoms with E-state index < -0.39 is 5.97 Å². The number of halogens is 1. The summed E-state index contributed by atoms with van der Waals surface area (Å²) in [4.78, 5) is 10.6. The molecule has 1 aromatic rings. The van der Waals surface area contributed by atoms with Crippen molar-refractivity contribution in [3.63, 3.8) is 0 Å². The van der Waals surface area contributed by atoms with E-state index in [0.717, 1.165) is 5.56 Å². The Morgan fingerprint density at radius 1 is 1.56 bits per heavy atom. The average molecular weight is 224 g/mol. The molecule has 16 heavy (non-hydrogen) atoms. The molecule has 1 aliphatic rings. The van der Waals surface area contributed by atoms with Crippen molar-refractivity contribution in [3.05, 3.63) is 29.6 Å². The molecule has 1 aromatic carbocycles. The van der Waals surface area contributed by atoms with Crippen LogP contribution < -0.4 is 4.74 Å². The van der Waals surface area contributed by atoms with Crippen LogP contribution in [0.15, 0.2) is 18.2 Å². The predicted molar refractivity (Wildman–Crippen MR) is 56.0 cm³/mol. The number of carbonyl (C=O) groups is 1. The Balaban J connectivity index is 2.21. The largest absolute Gasteiger partial charge is 0.490 e. The summed E-state index contributed by atoms with van der Waals surface area (Å²) < 4.78 is 18.7. The SMILES string of the molecule is O=C(O)CC1CCOc2c(F)cccc2C1. The third kappa shape index (κ3) is 2.32. The number of carboxylic acids is 1. The summed E-state index contributed by atoms with van der Waals surface area (Å²) in [5, 5.41) is 8.75. The van der Waals surface area contributed by atoms with Gasteiger partial charge in [0.15, 0.2) is 11.6 Å². The first-order chi connectivity index (χ1) is 7.66. The summed E-state index contributed by atoms with van der Waals surface area (Å²) in [6.45, 7) is 0.381. The number of fused-ring (bicyclic) bond motifs is 1. The molecule has 0 amide bonds. The standard InChI is InChI=1S/C12H13FO3/c13-10-3-1-2-9-6-8(7-11(14)15)4-5-16-12(9)10/h1-3,8H,4-7H2,(H,14,15). The van der Waals surface area contributed by atoms with Gasteiger partial charge in [-0.15, -0.1) is 0 Å². The zero-order valence-corrected chi connectivity index (χ0v) is 8.78. The van der Waals surface area contributed by atoms with E-state index in [2.05, 4.69) is 0 Å². The first kappa shape index (κ1) is 10.9. The molecule has 1 heterocycles. The molecule has 0 aliphatic carbocycles. The van der Waals surface area contributed by atoms with Gasteiger partial charge in [-0.25, -0.2) is 4.39 Å². The van der Waals surface area contributed by atoms with Crippen LogP contribution in [0, 0.1) is 11.7 Å². The van der Waals surface area contributed by atoms with E-state index in [1.54, 1.807) is 12.1 Å². The minimum absolute atomic E-state index is 0.0283. The van der Waals surface area contributed by atoms with Crippen molar-refractivity contribution < 1.29 is 19.0 Å². The van der Waals surface area contributed by atoms with Crippen LogP contribution in [0.4, 0.5) is 4.39 Å². The van der Waals surface area contributed by atoms with Crippen LogP contribution in [-0.4, -0.2) is 17.7 Å². The molecule has 0 saturated heterocycles. The van der Waals surface area contributed by atoms with Crippen LogP contribution in [0.5, 0.6) is 5.75 Å². The van der Waals surface area contributed by atoms with Crippen LogP contribution in [0.2, 0.25) is 0 Å². The van der Waals surface area contributed by atoms with Gasteiger partial charge in [-0.2, -0.15) is 0 Å². The van der Waals surface area contributed by atoms with E-state index in [0.29, 0.717) is 19.4 Å². The summed E-state index contributed by atoms with van der Waals surface area (Å²) in [5.41, 5.74) is 0.767. The van der Waals surface area contributed by atoms with Crippen LogP contribution in [0.1, 0.15) is 18.4 Å². The molecule has 0 spiro atoms. The first-order valence-electron chi connectivity index (χ1n) is 5.29. The summed E-state index contributed by atoms with van der Waals surface area (Å²) in [6, 6.07) is 4.77. The van der Waals surface area contributed by atoms with E-state index in [1.807, 2.05) is 0 Å². The highest BCUT2D eigenvalue weighted by Gasteiger charge is 2.21. The smallest absolute Gasteiger partial charge is 0.303 e. The third-order valence-corrected chi connectivity index (χ3v) is 2.79. The van der Waals surface area contributed by atoms with Crippen molar-refractivity contribution in [2.45, 2.75) is 19.3 Å². The van der Waals surface area contributed by atoms with Crippen LogP contribution >= 0.6 is 0 Å². The predicted octanol–water partition coefficient (Wildman–Crippen LogP) is 2.24. The number of para-hydroxylation sites is 1. The number of benzene rings is 1. The number of hydrogen-bond donors (Lipinski definition) is 1. The van der Waals surface area contributed by atoms with Crippen molar-refractivity contribution in [2.75, 3.05) is 6.61 Å². The third-order valence-electron chi connectivity index (χ3n) is 2.79. The van der Waals surface area contributed by atoms with Crippen molar-refractivity contribution in [3.8, 4) is 5.75 Å². The highest BCUT2D eigenvalue weighted by molar-refractivity contribution is 5.67. The van der Waals surface area contributed by atoms with Crippen molar-refractivity contribution in [2.24, 2.45) is 5.92 Å². The quantitative estimate of drug-likeness (QED) is 0.838. The summed E-state index contributed by atoms with van der Waals surface area (Å²) in [7, 11) is 0. The monoisotopic (exact) mass is 224 g/mol. The highest BCUT2D eigenvalue weighted by Crippen LogP contribution is 2.30. The molecule has 3 nitrogen and oxygen atoms in total. The molecule has 0 aromatic heterocycles. The van der Waals surface area contributed by atoms with E-state index >= 15 is 0 Å². The van der Waals surface area contributed by atoms with Crippen LogP contribution in [0.25, 0.3) is 0 Å². The lowest BCUT2D eigenvalue weighted by Crippen LogP contribution is -2.11. The molecule has 4 heteroatoms. The Labute approximate surface area is 92.9 Å².